The van der Waals surface area contributed by atoms with Crippen LogP contribution in [0, 0.1) is 12.7 Å². The van der Waals surface area contributed by atoms with Gasteiger partial charge in [-0.05, 0) is 79.0 Å². The van der Waals surface area contributed by atoms with Crippen molar-refractivity contribution in [2.45, 2.75) is 24.8 Å². The first-order valence-electron chi connectivity index (χ1n) is 9.83. The SMILES string of the molecule is CNCc1cn(S(=O)(=O)c2ccc(F)cc2)c2cc(Cc3ccc(C)cc3Cl)ccc12. The summed E-state index contributed by atoms with van der Waals surface area (Å²) in [5, 5.41) is 4.61. The van der Waals surface area contributed by atoms with E-state index in [-0.39, 0.29) is 4.90 Å². The quantitative estimate of drug-likeness (QED) is 0.429. The Hall–Kier alpha value is -2.67. The van der Waals surface area contributed by atoms with Gasteiger partial charge < -0.3 is 5.32 Å². The Bertz CT molecular complexity index is 1360. The van der Waals surface area contributed by atoms with Crippen LogP contribution in [0.2, 0.25) is 5.02 Å². The minimum absolute atomic E-state index is 0.0359. The zero-order valence-electron chi connectivity index (χ0n) is 17.2. The smallest absolute Gasteiger partial charge is 0.268 e. The highest BCUT2D eigenvalue weighted by Crippen LogP contribution is 2.29. The van der Waals surface area contributed by atoms with Crippen LogP contribution in [-0.2, 0) is 23.0 Å². The van der Waals surface area contributed by atoms with Gasteiger partial charge in [-0.1, -0.05) is 35.9 Å². The largest absolute Gasteiger partial charge is 0.316 e. The first-order valence-corrected chi connectivity index (χ1v) is 11.6. The second-order valence-electron chi connectivity index (χ2n) is 7.56. The van der Waals surface area contributed by atoms with Crippen LogP contribution in [0.5, 0.6) is 0 Å². The third kappa shape index (κ3) is 4.24. The molecule has 0 bridgehead atoms. The zero-order chi connectivity index (χ0) is 22.2. The number of nitrogens with one attached hydrogen (secondary N) is 1. The summed E-state index contributed by atoms with van der Waals surface area (Å²) in [6, 6.07) is 16.6. The molecule has 0 radical (unpaired) electrons. The Kier molecular flexibility index (Phi) is 5.88. The maximum Gasteiger partial charge on any atom is 0.268 e. The number of fused-ring (bicyclic) bond motifs is 1. The van der Waals surface area contributed by atoms with Crippen LogP contribution in [-0.4, -0.2) is 19.4 Å². The number of benzene rings is 3. The van der Waals surface area contributed by atoms with Crippen molar-refractivity contribution in [1.82, 2.24) is 9.29 Å². The van der Waals surface area contributed by atoms with E-state index in [0.717, 1.165) is 39.8 Å². The Balaban J connectivity index is 1.84. The molecule has 4 nitrogen and oxygen atoms in total. The molecule has 0 fully saturated rings. The van der Waals surface area contributed by atoms with Crippen LogP contribution < -0.4 is 5.32 Å². The highest BCUT2D eigenvalue weighted by Gasteiger charge is 2.21. The van der Waals surface area contributed by atoms with Gasteiger partial charge >= 0.3 is 0 Å². The van der Waals surface area contributed by atoms with E-state index >= 15 is 0 Å². The molecule has 0 aliphatic heterocycles. The summed E-state index contributed by atoms with van der Waals surface area (Å²) in [5.74, 6) is -0.482. The number of rotatable bonds is 6. The van der Waals surface area contributed by atoms with Gasteiger partial charge in [-0.2, -0.15) is 0 Å². The molecule has 0 aliphatic rings. The lowest BCUT2D eigenvalue weighted by Gasteiger charge is -2.10. The third-order valence-electron chi connectivity index (χ3n) is 5.26. The monoisotopic (exact) mass is 456 g/mol. The molecule has 0 aliphatic carbocycles. The number of aromatic nitrogens is 1. The number of aryl methyl sites for hydroxylation is 1. The number of halogens is 2. The summed E-state index contributed by atoms with van der Waals surface area (Å²) in [6.45, 7) is 2.50. The maximum absolute atomic E-state index is 13.3. The molecule has 7 heteroatoms. The molecule has 1 heterocycles. The van der Waals surface area contributed by atoms with Gasteiger partial charge in [0.25, 0.3) is 10.0 Å². The second kappa shape index (κ2) is 8.46. The Labute approximate surface area is 186 Å². The minimum Gasteiger partial charge on any atom is -0.316 e. The van der Waals surface area contributed by atoms with E-state index in [1.807, 2.05) is 50.4 Å². The summed E-state index contributed by atoms with van der Waals surface area (Å²) in [7, 11) is -2.08. The molecule has 4 rings (SSSR count). The normalized spacial score (nSPS) is 11.9. The minimum atomic E-state index is -3.89. The van der Waals surface area contributed by atoms with Gasteiger partial charge in [0.05, 0.1) is 10.4 Å². The van der Waals surface area contributed by atoms with Crippen LogP contribution in [0.3, 0.4) is 0 Å². The van der Waals surface area contributed by atoms with Crippen LogP contribution >= 0.6 is 11.6 Å². The fourth-order valence-corrected chi connectivity index (χ4v) is 5.37. The van der Waals surface area contributed by atoms with E-state index in [1.165, 1.54) is 16.1 Å². The Morgan fingerprint density at radius 1 is 1.00 bits per heavy atom. The topological polar surface area (TPSA) is 51.1 Å². The van der Waals surface area contributed by atoms with E-state index in [1.54, 1.807) is 6.20 Å². The first kappa shape index (κ1) is 21.6. The van der Waals surface area contributed by atoms with Crippen LogP contribution in [0.4, 0.5) is 4.39 Å². The van der Waals surface area contributed by atoms with E-state index in [4.69, 9.17) is 11.6 Å². The van der Waals surface area contributed by atoms with E-state index in [2.05, 4.69) is 5.32 Å². The summed E-state index contributed by atoms with van der Waals surface area (Å²) < 4.78 is 41.3. The molecule has 1 N–H and O–H groups in total. The average Bonchev–Trinajstić information content (AvgIpc) is 3.09. The second-order valence-corrected chi connectivity index (χ2v) is 9.78. The predicted molar refractivity (Wildman–Crippen MR) is 123 cm³/mol. The van der Waals surface area contributed by atoms with Crippen LogP contribution in [0.1, 0.15) is 22.3 Å². The molecule has 0 saturated heterocycles. The molecule has 0 spiro atoms. The van der Waals surface area contributed by atoms with Gasteiger partial charge in [-0.15, -0.1) is 0 Å². The van der Waals surface area contributed by atoms with Crippen molar-refractivity contribution in [2.24, 2.45) is 0 Å². The highest BCUT2D eigenvalue weighted by molar-refractivity contribution is 7.90. The first-order chi connectivity index (χ1) is 14.8. The van der Waals surface area contributed by atoms with Crippen molar-refractivity contribution in [3.63, 3.8) is 0 Å². The molecule has 31 heavy (non-hydrogen) atoms. The molecular weight excluding hydrogens is 435 g/mol. The summed E-state index contributed by atoms with van der Waals surface area (Å²) in [6.07, 6.45) is 2.21. The lowest BCUT2D eigenvalue weighted by atomic mass is 10.0. The third-order valence-corrected chi connectivity index (χ3v) is 7.30. The standard InChI is InChI=1S/C24H22ClFN2O2S/c1-16-3-5-18(23(25)11-16)12-17-4-10-22-19(14-27-2)15-28(24(22)13-17)31(29,30)21-8-6-20(26)7-9-21/h3-11,13,15,27H,12,14H2,1-2H3. The molecule has 0 atom stereocenters. The predicted octanol–water partition coefficient (Wildman–Crippen LogP) is 5.29. The van der Waals surface area contributed by atoms with E-state index in [9.17, 15) is 12.8 Å². The Morgan fingerprint density at radius 3 is 2.42 bits per heavy atom. The van der Waals surface area contributed by atoms with Crippen molar-refractivity contribution in [3.05, 3.63) is 100.0 Å². The van der Waals surface area contributed by atoms with E-state index in [0.29, 0.717) is 23.5 Å². The van der Waals surface area contributed by atoms with Crippen molar-refractivity contribution in [1.29, 1.82) is 0 Å². The van der Waals surface area contributed by atoms with Gasteiger partial charge in [-0.3, -0.25) is 0 Å². The molecular formula is C24H22ClFN2O2S. The van der Waals surface area contributed by atoms with Crippen molar-refractivity contribution >= 4 is 32.5 Å². The molecule has 3 aromatic carbocycles. The number of nitrogens with zero attached hydrogens (tertiary/aromatic N) is 1. The van der Waals surface area contributed by atoms with E-state index < -0.39 is 15.8 Å². The number of hydrogen-bond acceptors (Lipinski definition) is 3. The molecule has 0 unspecified atom stereocenters. The van der Waals surface area contributed by atoms with Crippen LogP contribution in [0.15, 0.2) is 71.8 Å². The fourth-order valence-electron chi connectivity index (χ4n) is 3.69. The lowest BCUT2D eigenvalue weighted by molar-refractivity contribution is 0.587. The van der Waals surface area contributed by atoms with Gasteiger partial charge in [0, 0.05) is 23.2 Å². The summed E-state index contributed by atoms with van der Waals surface area (Å²) >= 11 is 6.40. The molecule has 0 saturated carbocycles. The molecule has 0 amide bonds. The molecule has 160 valence electrons. The summed E-state index contributed by atoms with van der Waals surface area (Å²) in [4.78, 5) is 0.0359. The summed E-state index contributed by atoms with van der Waals surface area (Å²) in [5.41, 5.74) is 4.45. The maximum atomic E-state index is 13.3. The van der Waals surface area contributed by atoms with Crippen LogP contribution in [0.25, 0.3) is 10.9 Å². The van der Waals surface area contributed by atoms with Crippen molar-refractivity contribution in [3.8, 4) is 0 Å². The molecule has 4 aromatic rings. The van der Waals surface area contributed by atoms with Gasteiger partial charge in [0.2, 0.25) is 0 Å². The average molecular weight is 457 g/mol. The van der Waals surface area contributed by atoms with Crippen molar-refractivity contribution in [2.75, 3.05) is 7.05 Å². The zero-order valence-corrected chi connectivity index (χ0v) is 18.8. The van der Waals surface area contributed by atoms with Gasteiger partial charge in [0.1, 0.15) is 5.82 Å². The lowest BCUT2D eigenvalue weighted by Crippen LogP contribution is -2.12. The van der Waals surface area contributed by atoms with Gasteiger partial charge in [0.15, 0.2) is 0 Å². The highest BCUT2D eigenvalue weighted by atomic mass is 35.5. The fraction of sp³-hybridized carbons (Fsp3) is 0.167. The number of hydrogen-bond donors (Lipinski definition) is 1. The Morgan fingerprint density at radius 2 is 1.74 bits per heavy atom. The molecule has 1 aromatic heterocycles. The van der Waals surface area contributed by atoms with Gasteiger partial charge in [-0.25, -0.2) is 16.8 Å². The van der Waals surface area contributed by atoms with Crippen molar-refractivity contribution < 1.29 is 12.8 Å².